The van der Waals surface area contributed by atoms with Gasteiger partial charge >= 0.3 is 0 Å². The van der Waals surface area contributed by atoms with E-state index in [9.17, 15) is 10.1 Å². The molecule has 0 unspecified atom stereocenters. The zero-order valence-electron chi connectivity index (χ0n) is 11.7. The molecule has 0 bridgehead atoms. The summed E-state index contributed by atoms with van der Waals surface area (Å²) in [6.45, 7) is 4.19. The minimum atomic E-state index is -0.385. The molecule has 0 N–H and O–H groups in total. The van der Waals surface area contributed by atoms with Crippen LogP contribution >= 0.6 is 0 Å². The van der Waals surface area contributed by atoms with Gasteiger partial charge in [0, 0.05) is 12.1 Å². The Hall–Kier alpha value is -2.42. The third-order valence-electron chi connectivity index (χ3n) is 3.26. The van der Waals surface area contributed by atoms with Gasteiger partial charge in [0.25, 0.3) is 5.69 Å². The lowest BCUT2D eigenvalue weighted by atomic mass is 10.0. The predicted octanol–water partition coefficient (Wildman–Crippen LogP) is 4.47. The predicted molar refractivity (Wildman–Crippen MR) is 81.8 cm³/mol. The van der Waals surface area contributed by atoms with Crippen molar-refractivity contribution in [2.75, 3.05) is 0 Å². The molecule has 0 radical (unpaired) electrons. The van der Waals surface area contributed by atoms with E-state index in [1.807, 2.05) is 6.08 Å². The number of hydrogen-bond donors (Lipinski definition) is 0. The number of allylic oxidation sites excluding steroid dienone is 1. The van der Waals surface area contributed by atoms with Gasteiger partial charge in [0.15, 0.2) is 0 Å². The fourth-order valence-corrected chi connectivity index (χ4v) is 2.05. The Labute approximate surface area is 118 Å². The van der Waals surface area contributed by atoms with E-state index >= 15 is 0 Å². The van der Waals surface area contributed by atoms with Gasteiger partial charge in [-0.3, -0.25) is 10.1 Å². The van der Waals surface area contributed by atoms with Gasteiger partial charge in [0.05, 0.1) is 4.92 Å². The number of nitro benzene ring substituents is 1. The lowest BCUT2D eigenvalue weighted by Crippen LogP contribution is -1.88. The largest absolute Gasteiger partial charge is 0.269 e. The lowest BCUT2D eigenvalue weighted by Gasteiger charge is -2.03. The molecular formula is C17H17NO2. The second-order valence-corrected chi connectivity index (χ2v) is 4.89. The number of aryl methyl sites for hydroxylation is 2. The molecule has 0 fully saturated rings. The first-order chi connectivity index (χ1) is 9.56. The molecule has 20 heavy (non-hydrogen) atoms. The summed E-state index contributed by atoms with van der Waals surface area (Å²) in [5.41, 5.74) is 4.94. The van der Waals surface area contributed by atoms with Crippen LogP contribution in [0.25, 0.3) is 6.08 Å². The molecule has 2 aromatic carbocycles. The first kappa shape index (κ1) is 14.0. The summed E-state index contributed by atoms with van der Waals surface area (Å²) in [5, 5.41) is 10.6. The van der Waals surface area contributed by atoms with E-state index in [2.05, 4.69) is 38.1 Å². The quantitative estimate of drug-likeness (QED) is 0.606. The molecule has 0 aliphatic carbocycles. The summed E-state index contributed by atoms with van der Waals surface area (Å²) in [7, 11) is 0. The van der Waals surface area contributed by atoms with Crippen LogP contribution < -0.4 is 0 Å². The van der Waals surface area contributed by atoms with E-state index in [4.69, 9.17) is 0 Å². The molecule has 3 nitrogen and oxygen atoms in total. The standard InChI is InChI=1S/C17H17NO2/c1-13-6-7-14(2)16(12-13)5-3-4-15-8-10-17(11-9-15)18(19)20/h3-4,6-12H,5H2,1-2H3/b4-3+. The van der Waals surface area contributed by atoms with Crippen molar-refractivity contribution in [2.24, 2.45) is 0 Å². The summed E-state index contributed by atoms with van der Waals surface area (Å²) >= 11 is 0. The van der Waals surface area contributed by atoms with Crippen LogP contribution in [0.15, 0.2) is 48.5 Å². The number of nitrogens with zero attached hydrogens (tertiary/aromatic N) is 1. The zero-order valence-corrected chi connectivity index (χ0v) is 11.7. The van der Waals surface area contributed by atoms with Gasteiger partial charge in [-0.15, -0.1) is 0 Å². The third-order valence-corrected chi connectivity index (χ3v) is 3.26. The summed E-state index contributed by atoms with van der Waals surface area (Å²) in [6, 6.07) is 13.0. The van der Waals surface area contributed by atoms with E-state index in [0.29, 0.717) is 0 Å². The molecular weight excluding hydrogens is 250 g/mol. The van der Waals surface area contributed by atoms with E-state index in [1.165, 1.54) is 28.8 Å². The third kappa shape index (κ3) is 3.54. The van der Waals surface area contributed by atoms with Gasteiger partial charge in [-0.1, -0.05) is 35.9 Å². The van der Waals surface area contributed by atoms with E-state index in [-0.39, 0.29) is 10.6 Å². The van der Waals surface area contributed by atoms with Crippen molar-refractivity contribution in [3.63, 3.8) is 0 Å². The Bertz CT molecular complexity index is 643. The van der Waals surface area contributed by atoms with Crippen molar-refractivity contribution in [1.29, 1.82) is 0 Å². The second kappa shape index (κ2) is 6.15. The highest BCUT2D eigenvalue weighted by Crippen LogP contribution is 2.15. The van der Waals surface area contributed by atoms with Crippen LogP contribution in [0.3, 0.4) is 0 Å². The van der Waals surface area contributed by atoms with E-state index in [1.54, 1.807) is 12.1 Å². The van der Waals surface area contributed by atoms with Crippen molar-refractivity contribution in [3.8, 4) is 0 Å². The first-order valence-corrected chi connectivity index (χ1v) is 6.53. The van der Waals surface area contributed by atoms with Crippen LogP contribution in [0.2, 0.25) is 0 Å². The fourth-order valence-electron chi connectivity index (χ4n) is 2.05. The Balaban J connectivity index is 2.06. The molecule has 0 saturated carbocycles. The maximum atomic E-state index is 10.6. The highest BCUT2D eigenvalue weighted by Gasteiger charge is 2.02. The second-order valence-electron chi connectivity index (χ2n) is 4.89. The Kier molecular flexibility index (Phi) is 4.31. The van der Waals surface area contributed by atoms with Gasteiger partial charge in [-0.2, -0.15) is 0 Å². The maximum absolute atomic E-state index is 10.6. The molecule has 0 amide bonds. The van der Waals surface area contributed by atoms with Gasteiger partial charge in [0.2, 0.25) is 0 Å². The molecule has 0 aromatic heterocycles. The summed E-state index contributed by atoms with van der Waals surface area (Å²) in [6.07, 6.45) is 4.94. The topological polar surface area (TPSA) is 43.1 Å². The van der Waals surface area contributed by atoms with Crippen molar-refractivity contribution in [2.45, 2.75) is 20.3 Å². The minimum Gasteiger partial charge on any atom is -0.258 e. The van der Waals surface area contributed by atoms with Crippen LogP contribution in [0.5, 0.6) is 0 Å². The van der Waals surface area contributed by atoms with Gasteiger partial charge in [0.1, 0.15) is 0 Å². The smallest absolute Gasteiger partial charge is 0.258 e. The summed E-state index contributed by atoms with van der Waals surface area (Å²) in [5.74, 6) is 0. The van der Waals surface area contributed by atoms with E-state index in [0.717, 1.165) is 12.0 Å². The van der Waals surface area contributed by atoms with Crippen molar-refractivity contribution < 1.29 is 4.92 Å². The maximum Gasteiger partial charge on any atom is 0.269 e. The Morgan fingerprint density at radius 1 is 1.10 bits per heavy atom. The molecule has 0 heterocycles. The monoisotopic (exact) mass is 267 g/mol. The van der Waals surface area contributed by atoms with Crippen molar-refractivity contribution in [3.05, 3.63) is 80.9 Å². The minimum absolute atomic E-state index is 0.122. The highest BCUT2D eigenvalue weighted by atomic mass is 16.6. The molecule has 3 heteroatoms. The molecule has 0 aliphatic heterocycles. The molecule has 102 valence electrons. The molecule has 0 spiro atoms. The number of benzene rings is 2. The lowest BCUT2D eigenvalue weighted by molar-refractivity contribution is -0.384. The van der Waals surface area contributed by atoms with Gasteiger partial charge in [-0.25, -0.2) is 0 Å². The Morgan fingerprint density at radius 2 is 1.80 bits per heavy atom. The van der Waals surface area contributed by atoms with Crippen LogP contribution in [-0.4, -0.2) is 4.92 Å². The van der Waals surface area contributed by atoms with Gasteiger partial charge in [-0.05, 0) is 49.1 Å². The number of hydrogen-bond acceptors (Lipinski definition) is 2. The average Bonchev–Trinajstić information content (AvgIpc) is 2.43. The van der Waals surface area contributed by atoms with Crippen LogP contribution in [0, 0.1) is 24.0 Å². The summed E-state index contributed by atoms with van der Waals surface area (Å²) < 4.78 is 0. The molecule has 0 atom stereocenters. The van der Waals surface area contributed by atoms with Crippen LogP contribution in [-0.2, 0) is 6.42 Å². The summed E-state index contributed by atoms with van der Waals surface area (Å²) in [4.78, 5) is 10.2. The average molecular weight is 267 g/mol. The first-order valence-electron chi connectivity index (χ1n) is 6.53. The fraction of sp³-hybridized carbons (Fsp3) is 0.176. The SMILES string of the molecule is Cc1ccc(C)c(C/C=C/c2ccc([N+](=O)[O-])cc2)c1. The number of non-ortho nitro benzene ring substituents is 1. The van der Waals surface area contributed by atoms with Crippen molar-refractivity contribution in [1.82, 2.24) is 0 Å². The van der Waals surface area contributed by atoms with Crippen LogP contribution in [0.1, 0.15) is 22.3 Å². The molecule has 0 saturated heterocycles. The van der Waals surface area contributed by atoms with E-state index < -0.39 is 0 Å². The van der Waals surface area contributed by atoms with Crippen LogP contribution in [0.4, 0.5) is 5.69 Å². The van der Waals surface area contributed by atoms with Gasteiger partial charge < -0.3 is 0 Å². The molecule has 2 aromatic rings. The molecule has 2 rings (SSSR count). The normalized spacial score (nSPS) is 10.9. The molecule has 0 aliphatic rings. The number of nitro groups is 1. The highest BCUT2D eigenvalue weighted by molar-refractivity contribution is 5.52. The van der Waals surface area contributed by atoms with Crippen molar-refractivity contribution >= 4 is 11.8 Å². The Morgan fingerprint density at radius 3 is 2.45 bits per heavy atom. The zero-order chi connectivity index (χ0) is 14.5. The number of rotatable bonds is 4.